The second-order valence-electron chi connectivity index (χ2n) is 4.05. The number of ether oxygens (including phenoxy) is 1. The largest absolute Gasteiger partial charge is 0.489 e. The van der Waals surface area contributed by atoms with Crippen molar-refractivity contribution in [1.82, 2.24) is 0 Å². The third kappa shape index (κ3) is 4.61. The number of hydrogen-bond donors (Lipinski definition) is 1. The quantitative estimate of drug-likeness (QED) is 0.668. The van der Waals surface area contributed by atoms with Crippen LogP contribution in [0.25, 0.3) is 0 Å². The molecule has 1 aromatic carbocycles. The fraction of sp³-hybridized carbons (Fsp3) is 0.308. The summed E-state index contributed by atoms with van der Waals surface area (Å²) in [7, 11) is 0. The molecule has 0 unspecified atom stereocenters. The van der Waals surface area contributed by atoms with E-state index in [1.54, 1.807) is 26.0 Å². The van der Waals surface area contributed by atoms with Crippen LogP contribution in [-0.4, -0.2) is 16.8 Å². The van der Waals surface area contributed by atoms with Crippen molar-refractivity contribution in [3.63, 3.8) is 0 Å². The Labute approximate surface area is 110 Å². The van der Waals surface area contributed by atoms with Crippen LogP contribution in [0.1, 0.15) is 13.8 Å². The first-order valence-corrected chi connectivity index (χ1v) is 6.07. The Hall–Kier alpha value is -1.29. The van der Waals surface area contributed by atoms with Gasteiger partial charge in [0.25, 0.3) is 0 Å². The molecule has 92 valence electrons. The van der Waals surface area contributed by atoms with E-state index in [1.807, 2.05) is 18.2 Å². The Morgan fingerprint density at radius 3 is 2.88 bits per heavy atom. The molecule has 1 aromatic rings. The number of carbonyl (C=O) groups is 1. The van der Waals surface area contributed by atoms with E-state index in [0.717, 1.165) is 0 Å². The molecule has 0 aliphatic carbocycles. The van der Waals surface area contributed by atoms with Gasteiger partial charge < -0.3 is 10.1 Å². The topological polar surface area (TPSA) is 38.3 Å². The second kappa shape index (κ2) is 5.87. The highest BCUT2D eigenvalue weighted by Gasteiger charge is 2.23. The van der Waals surface area contributed by atoms with Crippen LogP contribution in [0.4, 0.5) is 5.69 Å². The first-order chi connectivity index (χ1) is 7.93. The fourth-order valence-electron chi connectivity index (χ4n) is 1.10. The third-order valence-corrected chi connectivity index (χ3v) is 2.36. The molecule has 0 aromatic heterocycles. The highest BCUT2D eigenvalue weighted by molar-refractivity contribution is 9.10. The standard InChI is InChI=1S/C13H16BrNO2/c1-4-8-17-11-7-5-6-10(9-11)15-12(16)13(2,3)14/h4-7,9H,1,8H2,2-3H3,(H,15,16). The van der Waals surface area contributed by atoms with Gasteiger partial charge in [0.05, 0.1) is 4.32 Å². The van der Waals surface area contributed by atoms with Crippen LogP contribution < -0.4 is 10.1 Å². The highest BCUT2D eigenvalue weighted by Crippen LogP contribution is 2.21. The molecular weight excluding hydrogens is 282 g/mol. The number of carbonyl (C=O) groups excluding carboxylic acids is 1. The van der Waals surface area contributed by atoms with Gasteiger partial charge in [0.1, 0.15) is 12.4 Å². The van der Waals surface area contributed by atoms with Crippen LogP contribution in [0.5, 0.6) is 5.75 Å². The summed E-state index contributed by atoms with van der Waals surface area (Å²) >= 11 is 3.31. The van der Waals surface area contributed by atoms with Gasteiger partial charge in [0.15, 0.2) is 0 Å². The van der Waals surface area contributed by atoms with Gasteiger partial charge in [-0.05, 0) is 26.0 Å². The van der Waals surface area contributed by atoms with Gasteiger partial charge in [-0.2, -0.15) is 0 Å². The summed E-state index contributed by atoms with van der Waals surface area (Å²) in [6, 6.07) is 7.26. The summed E-state index contributed by atoms with van der Waals surface area (Å²) in [6.07, 6.45) is 1.67. The maximum absolute atomic E-state index is 11.7. The molecule has 4 heteroatoms. The summed E-state index contributed by atoms with van der Waals surface area (Å²) in [4.78, 5) is 11.7. The molecule has 0 aliphatic rings. The number of alkyl halides is 1. The minimum atomic E-state index is -0.592. The Morgan fingerprint density at radius 1 is 1.59 bits per heavy atom. The van der Waals surface area contributed by atoms with Gasteiger partial charge in [-0.1, -0.05) is 34.7 Å². The smallest absolute Gasteiger partial charge is 0.240 e. The van der Waals surface area contributed by atoms with Gasteiger partial charge in [0.2, 0.25) is 5.91 Å². The van der Waals surface area contributed by atoms with E-state index in [0.29, 0.717) is 18.0 Å². The lowest BCUT2D eigenvalue weighted by Gasteiger charge is -2.16. The summed E-state index contributed by atoms with van der Waals surface area (Å²) in [6.45, 7) is 7.61. The van der Waals surface area contributed by atoms with Crippen LogP contribution in [0.2, 0.25) is 0 Å². The van der Waals surface area contributed by atoms with Gasteiger partial charge in [-0.3, -0.25) is 4.79 Å². The van der Waals surface area contributed by atoms with Gasteiger partial charge in [-0.25, -0.2) is 0 Å². The lowest BCUT2D eigenvalue weighted by atomic mass is 10.2. The fourth-order valence-corrected chi connectivity index (χ4v) is 1.20. The monoisotopic (exact) mass is 297 g/mol. The molecule has 0 heterocycles. The van der Waals surface area contributed by atoms with Crippen molar-refractivity contribution in [3.8, 4) is 5.75 Å². The minimum Gasteiger partial charge on any atom is -0.489 e. The van der Waals surface area contributed by atoms with Crippen molar-refractivity contribution in [2.45, 2.75) is 18.2 Å². The molecule has 1 rings (SSSR count). The zero-order chi connectivity index (χ0) is 12.9. The molecule has 1 amide bonds. The highest BCUT2D eigenvalue weighted by atomic mass is 79.9. The summed E-state index contributed by atoms with van der Waals surface area (Å²) < 4.78 is 4.79. The van der Waals surface area contributed by atoms with E-state index < -0.39 is 4.32 Å². The van der Waals surface area contributed by atoms with E-state index in [2.05, 4.69) is 27.8 Å². The Morgan fingerprint density at radius 2 is 2.29 bits per heavy atom. The number of amides is 1. The van der Waals surface area contributed by atoms with E-state index in [4.69, 9.17) is 4.74 Å². The molecule has 0 bridgehead atoms. The molecular formula is C13H16BrNO2. The average molecular weight is 298 g/mol. The van der Waals surface area contributed by atoms with Crippen LogP contribution in [0, 0.1) is 0 Å². The summed E-state index contributed by atoms with van der Waals surface area (Å²) in [5, 5.41) is 2.81. The number of hydrogen-bond acceptors (Lipinski definition) is 2. The molecule has 3 nitrogen and oxygen atoms in total. The molecule has 0 saturated carbocycles. The zero-order valence-corrected chi connectivity index (χ0v) is 11.6. The average Bonchev–Trinajstić information content (AvgIpc) is 2.25. The van der Waals surface area contributed by atoms with Crippen LogP contribution in [0.3, 0.4) is 0 Å². The predicted octanol–water partition coefficient (Wildman–Crippen LogP) is 3.36. The van der Waals surface area contributed by atoms with E-state index >= 15 is 0 Å². The molecule has 0 aliphatic heterocycles. The number of benzene rings is 1. The van der Waals surface area contributed by atoms with Gasteiger partial charge >= 0.3 is 0 Å². The van der Waals surface area contributed by atoms with E-state index in [9.17, 15) is 4.79 Å². The SMILES string of the molecule is C=CCOc1cccc(NC(=O)C(C)(C)Br)c1. The Balaban J connectivity index is 2.72. The molecule has 0 atom stereocenters. The van der Waals surface area contributed by atoms with Crippen molar-refractivity contribution in [2.24, 2.45) is 0 Å². The third-order valence-electron chi connectivity index (χ3n) is 2.00. The maximum Gasteiger partial charge on any atom is 0.240 e. The summed E-state index contributed by atoms with van der Waals surface area (Å²) in [5.41, 5.74) is 0.712. The van der Waals surface area contributed by atoms with E-state index in [-0.39, 0.29) is 5.91 Å². The minimum absolute atomic E-state index is 0.0987. The lowest BCUT2D eigenvalue weighted by Crippen LogP contribution is -2.30. The first kappa shape index (κ1) is 13.8. The summed E-state index contributed by atoms with van der Waals surface area (Å²) in [5.74, 6) is 0.605. The van der Waals surface area contributed by atoms with Crippen molar-refractivity contribution in [2.75, 3.05) is 11.9 Å². The molecule has 0 radical (unpaired) electrons. The van der Waals surface area contributed by atoms with Crippen molar-refractivity contribution in [1.29, 1.82) is 0 Å². The lowest BCUT2D eigenvalue weighted by molar-refractivity contribution is -0.117. The Kier molecular flexibility index (Phi) is 4.75. The van der Waals surface area contributed by atoms with Crippen molar-refractivity contribution >= 4 is 27.5 Å². The van der Waals surface area contributed by atoms with Crippen molar-refractivity contribution < 1.29 is 9.53 Å². The molecule has 0 spiro atoms. The van der Waals surface area contributed by atoms with Crippen molar-refractivity contribution in [3.05, 3.63) is 36.9 Å². The Bertz CT molecular complexity index is 410. The predicted molar refractivity (Wildman–Crippen MR) is 73.8 cm³/mol. The second-order valence-corrected chi connectivity index (χ2v) is 6.04. The molecule has 1 N–H and O–H groups in total. The molecule has 0 saturated heterocycles. The first-order valence-electron chi connectivity index (χ1n) is 5.27. The number of nitrogens with one attached hydrogen (secondary N) is 1. The van der Waals surface area contributed by atoms with Crippen LogP contribution in [-0.2, 0) is 4.79 Å². The van der Waals surface area contributed by atoms with Gasteiger partial charge in [-0.15, -0.1) is 0 Å². The normalized spacial score (nSPS) is 10.8. The number of anilines is 1. The zero-order valence-electron chi connectivity index (χ0n) is 10.00. The van der Waals surface area contributed by atoms with Crippen LogP contribution in [0.15, 0.2) is 36.9 Å². The number of halogens is 1. The molecule has 0 fully saturated rings. The number of rotatable bonds is 5. The van der Waals surface area contributed by atoms with Crippen LogP contribution >= 0.6 is 15.9 Å². The maximum atomic E-state index is 11.7. The molecule has 17 heavy (non-hydrogen) atoms. The van der Waals surface area contributed by atoms with E-state index in [1.165, 1.54) is 0 Å². The van der Waals surface area contributed by atoms with Gasteiger partial charge in [0, 0.05) is 11.8 Å².